The van der Waals surface area contributed by atoms with E-state index >= 15 is 0 Å². The molecule has 1 aliphatic rings. The molecule has 0 saturated heterocycles. The first-order chi connectivity index (χ1) is 11.2. The molecule has 0 saturated carbocycles. The fraction of sp³-hybridized carbons (Fsp3) is 0.526. The van der Waals surface area contributed by atoms with Crippen molar-refractivity contribution in [2.24, 2.45) is 11.7 Å². The van der Waals surface area contributed by atoms with Crippen LogP contribution < -0.4 is 11.1 Å². The average Bonchev–Trinajstić information content (AvgIpc) is 2.86. The number of nitrogens with two attached hydrogens (primary N) is 1. The maximum Gasteiger partial charge on any atom is 0.223 e. The van der Waals surface area contributed by atoms with Crippen molar-refractivity contribution in [3.8, 4) is 0 Å². The molecule has 23 heavy (non-hydrogen) atoms. The smallest absolute Gasteiger partial charge is 0.223 e. The predicted octanol–water partition coefficient (Wildman–Crippen LogP) is 2.54. The summed E-state index contributed by atoms with van der Waals surface area (Å²) in [6, 6.07) is 6.70. The van der Waals surface area contributed by atoms with Crippen molar-refractivity contribution in [2.45, 2.75) is 46.1 Å². The van der Waals surface area contributed by atoms with Crippen LogP contribution in [0.3, 0.4) is 0 Å². The van der Waals surface area contributed by atoms with E-state index in [4.69, 9.17) is 5.73 Å². The van der Waals surface area contributed by atoms with Crippen molar-refractivity contribution in [1.82, 2.24) is 9.88 Å². The second-order valence-electron chi connectivity index (χ2n) is 6.62. The summed E-state index contributed by atoms with van der Waals surface area (Å²) in [7, 11) is 0. The first kappa shape index (κ1) is 16.1. The van der Waals surface area contributed by atoms with Gasteiger partial charge in [-0.2, -0.15) is 0 Å². The van der Waals surface area contributed by atoms with Gasteiger partial charge in [0.25, 0.3) is 0 Å². The zero-order chi connectivity index (χ0) is 16.4. The molecule has 1 aromatic heterocycles. The summed E-state index contributed by atoms with van der Waals surface area (Å²) in [5.41, 5.74) is 10.9. The standard InChI is InChI=1S/C19H27N3O/c1-3-10-22-17-6-4-13(2)11-15(17)16-12-14(5-7-18(16)22)19(23)21-9-8-20/h4,6,11,14H,3,5,7-10,12,20H2,1-2H3,(H,21,23). The number of nitrogens with zero attached hydrogens (tertiary/aromatic N) is 1. The van der Waals surface area contributed by atoms with E-state index in [2.05, 4.69) is 41.9 Å². The van der Waals surface area contributed by atoms with Gasteiger partial charge in [-0.1, -0.05) is 18.6 Å². The van der Waals surface area contributed by atoms with E-state index in [9.17, 15) is 4.79 Å². The molecular weight excluding hydrogens is 286 g/mol. The van der Waals surface area contributed by atoms with Crippen LogP contribution in [-0.4, -0.2) is 23.6 Å². The van der Waals surface area contributed by atoms with Crippen LogP contribution in [-0.2, 0) is 24.2 Å². The Bertz CT molecular complexity index is 717. The summed E-state index contributed by atoms with van der Waals surface area (Å²) in [5, 5.41) is 4.29. The van der Waals surface area contributed by atoms with Crippen molar-refractivity contribution < 1.29 is 4.79 Å². The number of fused-ring (bicyclic) bond motifs is 3. The number of hydrogen-bond acceptors (Lipinski definition) is 2. The van der Waals surface area contributed by atoms with Gasteiger partial charge in [0.1, 0.15) is 0 Å². The lowest BCUT2D eigenvalue weighted by Crippen LogP contribution is -2.36. The monoisotopic (exact) mass is 313 g/mol. The largest absolute Gasteiger partial charge is 0.355 e. The van der Waals surface area contributed by atoms with Crippen LogP contribution in [0.1, 0.15) is 36.6 Å². The minimum absolute atomic E-state index is 0.0789. The summed E-state index contributed by atoms with van der Waals surface area (Å²) >= 11 is 0. The molecule has 0 spiro atoms. The van der Waals surface area contributed by atoms with Gasteiger partial charge in [0, 0.05) is 42.1 Å². The van der Waals surface area contributed by atoms with Gasteiger partial charge in [0.05, 0.1) is 0 Å². The third-order valence-electron chi connectivity index (χ3n) is 4.88. The number of nitrogens with one attached hydrogen (secondary N) is 1. The first-order valence-electron chi connectivity index (χ1n) is 8.74. The third-order valence-corrected chi connectivity index (χ3v) is 4.88. The maximum atomic E-state index is 12.3. The predicted molar refractivity (Wildman–Crippen MR) is 94.5 cm³/mol. The van der Waals surface area contributed by atoms with Gasteiger partial charge in [-0.15, -0.1) is 0 Å². The summed E-state index contributed by atoms with van der Waals surface area (Å²) in [4.78, 5) is 12.3. The molecule has 0 bridgehead atoms. The highest BCUT2D eigenvalue weighted by atomic mass is 16.1. The lowest BCUT2D eigenvalue weighted by Gasteiger charge is -2.23. The number of benzene rings is 1. The molecule has 0 radical (unpaired) electrons. The topological polar surface area (TPSA) is 60.0 Å². The Hall–Kier alpha value is -1.81. The van der Waals surface area contributed by atoms with Gasteiger partial charge in [0.2, 0.25) is 5.91 Å². The number of carbonyl (C=O) groups is 1. The summed E-state index contributed by atoms with van der Waals surface area (Å²) in [5.74, 6) is 0.236. The van der Waals surface area contributed by atoms with E-state index in [-0.39, 0.29) is 11.8 Å². The van der Waals surface area contributed by atoms with Crippen LogP contribution in [0.15, 0.2) is 18.2 Å². The van der Waals surface area contributed by atoms with E-state index in [1.807, 2.05) is 0 Å². The average molecular weight is 313 g/mol. The van der Waals surface area contributed by atoms with Crippen LogP contribution >= 0.6 is 0 Å². The fourth-order valence-corrected chi connectivity index (χ4v) is 3.81. The molecule has 1 aromatic carbocycles. The van der Waals surface area contributed by atoms with E-state index in [1.165, 1.54) is 27.7 Å². The Labute approximate surface area is 138 Å². The number of carbonyl (C=O) groups excluding carboxylic acids is 1. The lowest BCUT2D eigenvalue weighted by molar-refractivity contribution is -0.125. The third kappa shape index (κ3) is 3.00. The van der Waals surface area contributed by atoms with Gasteiger partial charge >= 0.3 is 0 Å². The zero-order valence-electron chi connectivity index (χ0n) is 14.2. The molecule has 1 atom stereocenters. The molecule has 1 amide bonds. The van der Waals surface area contributed by atoms with E-state index in [0.29, 0.717) is 13.1 Å². The minimum atomic E-state index is 0.0789. The molecule has 4 heteroatoms. The first-order valence-corrected chi connectivity index (χ1v) is 8.74. The van der Waals surface area contributed by atoms with Gasteiger partial charge < -0.3 is 15.6 Å². The van der Waals surface area contributed by atoms with E-state index in [0.717, 1.165) is 32.2 Å². The number of amides is 1. The molecule has 1 heterocycles. The van der Waals surface area contributed by atoms with Crippen molar-refractivity contribution in [2.75, 3.05) is 13.1 Å². The second-order valence-corrected chi connectivity index (χ2v) is 6.62. The van der Waals surface area contributed by atoms with Crippen molar-refractivity contribution in [1.29, 1.82) is 0 Å². The molecule has 3 N–H and O–H groups in total. The van der Waals surface area contributed by atoms with Gasteiger partial charge in [-0.05, 0) is 50.3 Å². The molecule has 124 valence electrons. The normalized spacial score (nSPS) is 17.3. The van der Waals surface area contributed by atoms with Gasteiger partial charge in [-0.25, -0.2) is 0 Å². The minimum Gasteiger partial charge on any atom is -0.355 e. The molecule has 1 unspecified atom stereocenters. The number of aryl methyl sites for hydroxylation is 2. The van der Waals surface area contributed by atoms with Crippen LogP contribution in [0.2, 0.25) is 0 Å². The van der Waals surface area contributed by atoms with Gasteiger partial charge in [0.15, 0.2) is 0 Å². The zero-order valence-corrected chi connectivity index (χ0v) is 14.2. The SMILES string of the molecule is CCCn1c2c(c3cc(C)ccc31)CC(C(=O)NCCN)CC2. The van der Waals surface area contributed by atoms with Crippen molar-refractivity contribution in [3.63, 3.8) is 0 Å². The Morgan fingerprint density at radius 3 is 3.00 bits per heavy atom. The lowest BCUT2D eigenvalue weighted by atomic mass is 9.85. The van der Waals surface area contributed by atoms with Crippen LogP contribution in [0, 0.1) is 12.8 Å². The van der Waals surface area contributed by atoms with E-state index in [1.54, 1.807) is 0 Å². The maximum absolute atomic E-state index is 12.3. The Morgan fingerprint density at radius 1 is 1.43 bits per heavy atom. The summed E-state index contributed by atoms with van der Waals surface area (Å²) in [6.45, 7) is 6.48. The number of aromatic nitrogens is 1. The highest BCUT2D eigenvalue weighted by molar-refractivity contribution is 5.88. The molecule has 3 rings (SSSR count). The highest BCUT2D eigenvalue weighted by Gasteiger charge is 2.29. The van der Waals surface area contributed by atoms with Crippen LogP contribution in [0.4, 0.5) is 0 Å². The molecule has 1 aliphatic carbocycles. The quantitative estimate of drug-likeness (QED) is 0.891. The Kier molecular flexibility index (Phi) is 4.71. The molecule has 4 nitrogen and oxygen atoms in total. The van der Waals surface area contributed by atoms with Crippen molar-refractivity contribution >= 4 is 16.8 Å². The molecule has 0 fully saturated rings. The highest BCUT2D eigenvalue weighted by Crippen LogP contribution is 2.35. The fourth-order valence-electron chi connectivity index (χ4n) is 3.81. The molecular formula is C19H27N3O. The van der Waals surface area contributed by atoms with Crippen molar-refractivity contribution in [3.05, 3.63) is 35.0 Å². The molecule has 2 aromatic rings. The number of hydrogen-bond donors (Lipinski definition) is 2. The number of rotatable bonds is 5. The summed E-state index contributed by atoms with van der Waals surface area (Å²) in [6.07, 6.45) is 3.90. The summed E-state index contributed by atoms with van der Waals surface area (Å²) < 4.78 is 2.47. The van der Waals surface area contributed by atoms with E-state index < -0.39 is 0 Å². The Balaban J connectivity index is 1.98. The molecule has 0 aliphatic heterocycles. The van der Waals surface area contributed by atoms with Crippen LogP contribution in [0.25, 0.3) is 10.9 Å². The Morgan fingerprint density at radius 2 is 2.26 bits per heavy atom. The van der Waals surface area contributed by atoms with Gasteiger partial charge in [-0.3, -0.25) is 4.79 Å². The second kappa shape index (κ2) is 6.75. The van der Waals surface area contributed by atoms with Crippen LogP contribution in [0.5, 0.6) is 0 Å².